The number of ether oxygens (including phenoxy) is 1. The normalized spacial score (nSPS) is 15.9. The van der Waals surface area contributed by atoms with E-state index in [4.69, 9.17) is 16.3 Å². The molecule has 2 aliphatic rings. The quantitative estimate of drug-likeness (QED) is 0.586. The van der Waals surface area contributed by atoms with Gasteiger partial charge in [-0.05, 0) is 51.0 Å². The number of halogens is 3. The third-order valence-corrected chi connectivity index (χ3v) is 6.92. The van der Waals surface area contributed by atoms with Gasteiger partial charge in [-0.1, -0.05) is 11.6 Å². The average molecular weight is 458 g/mol. The highest BCUT2D eigenvalue weighted by molar-refractivity contribution is 7.17. The number of hydrogen-bond donors (Lipinski definition) is 1. The van der Waals surface area contributed by atoms with E-state index in [2.05, 4.69) is 10.4 Å². The lowest BCUT2D eigenvalue weighted by Gasteiger charge is -2.12. The van der Waals surface area contributed by atoms with Crippen molar-refractivity contribution in [1.29, 1.82) is 0 Å². The number of esters is 1. The molecule has 4 rings (SSSR count). The second-order valence-electron chi connectivity index (χ2n) is 7.50. The van der Waals surface area contributed by atoms with Gasteiger partial charge in [-0.15, -0.1) is 11.3 Å². The molecule has 0 atom stereocenters. The number of thiophene rings is 1. The van der Waals surface area contributed by atoms with E-state index >= 15 is 0 Å². The number of carbonyl (C=O) groups excluding carboxylic acids is 2. The van der Waals surface area contributed by atoms with Gasteiger partial charge in [0, 0.05) is 10.8 Å². The Bertz CT molecular complexity index is 985. The Labute approximate surface area is 181 Å². The second kappa shape index (κ2) is 8.63. The third-order valence-electron chi connectivity index (χ3n) is 5.32. The molecule has 6 nitrogen and oxygen atoms in total. The van der Waals surface area contributed by atoms with Crippen LogP contribution in [0.15, 0.2) is 0 Å². The number of alkyl halides is 2. The van der Waals surface area contributed by atoms with Crippen LogP contribution in [-0.2, 0) is 28.9 Å². The molecule has 0 aliphatic heterocycles. The molecule has 1 amide bonds. The SMILES string of the molecule is CCOC(=O)c1c(NC(=O)Cn2nc(C(F)F)c(Cl)c2C2CC2)sc2c1CCCC2. The van der Waals surface area contributed by atoms with Crippen molar-refractivity contribution < 1.29 is 23.1 Å². The van der Waals surface area contributed by atoms with Crippen LogP contribution in [-0.4, -0.2) is 28.3 Å². The molecule has 2 aromatic rings. The van der Waals surface area contributed by atoms with Crippen molar-refractivity contribution in [2.45, 2.75) is 64.3 Å². The number of fused-ring (bicyclic) bond motifs is 1. The summed E-state index contributed by atoms with van der Waals surface area (Å²) < 4.78 is 32.9. The van der Waals surface area contributed by atoms with Crippen molar-refractivity contribution in [3.63, 3.8) is 0 Å². The van der Waals surface area contributed by atoms with Crippen molar-refractivity contribution >= 4 is 39.8 Å². The van der Waals surface area contributed by atoms with E-state index in [-0.39, 0.29) is 24.1 Å². The minimum Gasteiger partial charge on any atom is -0.462 e. The van der Waals surface area contributed by atoms with E-state index in [1.54, 1.807) is 6.92 Å². The maximum atomic E-state index is 13.2. The van der Waals surface area contributed by atoms with Gasteiger partial charge in [0.05, 0.1) is 22.9 Å². The smallest absolute Gasteiger partial charge is 0.341 e. The van der Waals surface area contributed by atoms with Crippen LogP contribution in [0.3, 0.4) is 0 Å². The first kappa shape index (κ1) is 21.2. The molecule has 10 heteroatoms. The summed E-state index contributed by atoms with van der Waals surface area (Å²) in [4.78, 5) is 26.4. The van der Waals surface area contributed by atoms with E-state index in [1.807, 2.05) is 0 Å². The molecule has 2 heterocycles. The van der Waals surface area contributed by atoms with Gasteiger partial charge < -0.3 is 10.1 Å². The predicted molar refractivity (Wildman–Crippen MR) is 110 cm³/mol. The minimum atomic E-state index is -2.81. The fourth-order valence-corrected chi connectivity index (χ4v) is 5.52. The Balaban J connectivity index is 1.59. The second-order valence-corrected chi connectivity index (χ2v) is 8.98. The monoisotopic (exact) mass is 457 g/mol. The van der Waals surface area contributed by atoms with Crippen LogP contribution < -0.4 is 5.32 Å². The molecular weight excluding hydrogens is 436 g/mol. The van der Waals surface area contributed by atoms with Gasteiger partial charge in [0.2, 0.25) is 5.91 Å². The first-order chi connectivity index (χ1) is 14.4. The van der Waals surface area contributed by atoms with Gasteiger partial charge in [-0.25, -0.2) is 13.6 Å². The summed E-state index contributed by atoms with van der Waals surface area (Å²) in [5, 5.41) is 7.07. The predicted octanol–water partition coefficient (Wildman–Crippen LogP) is 5.11. The van der Waals surface area contributed by atoms with E-state index in [0.717, 1.165) is 49.0 Å². The Kier molecular flexibility index (Phi) is 6.11. The molecule has 0 spiro atoms. The lowest BCUT2D eigenvalue weighted by atomic mass is 9.95. The molecule has 2 aliphatic carbocycles. The number of nitrogens with one attached hydrogen (secondary N) is 1. The summed E-state index contributed by atoms with van der Waals surface area (Å²) in [7, 11) is 0. The van der Waals surface area contributed by atoms with Crippen LogP contribution in [0.4, 0.5) is 13.8 Å². The van der Waals surface area contributed by atoms with Crippen LogP contribution in [0.2, 0.25) is 5.02 Å². The van der Waals surface area contributed by atoms with Crippen molar-refractivity contribution in [2.75, 3.05) is 11.9 Å². The molecule has 0 aromatic carbocycles. The Hall–Kier alpha value is -2.00. The number of anilines is 1. The van der Waals surface area contributed by atoms with Crippen molar-refractivity contribution in [2.24, 2.45) is 0 Å². The minimum absolute atomic E-state index is 0.0504. The first-order valence-electron chi connectivity index (χ1n) is 10.1. The standard InChI is InChI=1S/C20H22ClF2N3O3S/c1-2-29-20(28)14-11-5-3-4-6-12(11)30-19(14)24-13(27)9-26-17(10-7-8-10)15(21)16(25-26)18(22)23/h10,18H,2-9H2,1H3,(H,24,27). The number of hydrogen-bond acceptors (Lipinski definition) is 5. The number of aromatic nitrogens is 2. The Morgan fingerprint density at radius 2 is 2.07 bits per heavy atom. The zero-order chi connectivity index (χ0) is 21.4. The summed E-state index contributed by atoms with van der Waals surface area (Å²) in [5.74, 6) is -0.844. The molecule has 1 saturated carbocycles. The van der Waals surface area contributed by atoms with Crippen LogP contribution in [0, 0.1) is 0 Å². The molecule has 0 saturated heterocycles. The molecule has 1 N–H and O–H groups in total. The lowest BCUT2D eigenvalue weighted by molar-refractivity contribution is -0.116. The lowest BCUT2D eigenvalue weighted by Crippen LogP contribution is -2.22. The summed E-state index contributed by atoms with van der Waals surface area (Å²) in [6.45, 7) is 1.73. The highest BCUT2D eigenvalue weighted by Gasteiger charge is 2.34. The van der Waals surface area contributed by atoms with Crippen LogP contribution in [0.1, 0.15) is 77.1 Å². The van der Waals surface area contributed by atoms with E-state index < -0.39 is 24.0 Å². The Morgan fingerprint density at radius 3 is 2.73 bits per heavy atom. The summed E-state index contributed by atoms with van der Waals surface area (Å²) >= 11 is 7.50. The van der Waals surface area contributed by atoms with E-state index in [9.17, 15) is 18.4 Å². The van der Waals surface area contributed by atoms with Crippen molar-refractivity contribution in [1.82, 2.24) is 9.78 Å². The number of rotatable bonds is 7. The molecule has 0 unspecified atom stereocenters. The average Bonchev–Trinajstić information content (AvgIpc) is 3.37. The Morgan fingerprint density at radius 1 is 1.33 bits per heavy atom. The number of aryl methyl sites for hydroxylation is 1. The highest BCUT2D eigenvalue weighted by Crippen LogP contribution is 2.45. The number of carbonyl (C=O) groups is 2. The largest absolute Gasteiger partial charge is 0.462 e. The molecule has 30 heavy (non-hydrogen) atoms. The molecule has 0 radical (unpaired) electrons. The number of amides is 1. The van der Waals surface area contributed by atoms with Gasteiger partial charge in [-0.2, -0.15) is 5.10 Å². The van der Waals surface area contributed by atoms with E-state index in [0.29, 0.717) is 16.3 Å². The molecule has 1 fully saturated rings. The van der Waals surface area contributed by atoms with Crippen LogP contribution in [0.5, 0.6) is 0 Å². The van der Waals surface area contributed by atoms with Gasteiger partial charge in [0.15, 0.2) is 0 Å². The number of nitrogens with zero attached hydrogens (tertiary/aromatic N) is 2. The summed E-state index contributed by atoms with van der Waals surface area (Å²) in [6, 6.07) is 0. The highest BCUT2D eigenvalue weighted by atomic mass is 35.5. The van der Waals surface area contributed by atoms with Gasteiger partial charge in [0.25, 0.3) is 6.43 Å². The zero-order valence-corrected chi connectivity index (χ0v) is 18.0. The van der Waals surface area contributed by atoms with Gasteiger partial charge in [-0.3, -0.25) is 9.48 Å². The zero-order valence-electron chi connectivity index (χ0n) is 16.5. The molecular formula is C20H22ClF2N3O3S. The van der Waals surface area contributed by atoms with Crippen LogP contribution >= 0.6 is 22.9 Å². The molecule has 0 bridgehead atoms. The fraction of sp³-hybridized carbons (Fsp3) is 0.550. The molecule has 2 aromatic heterocycles. The van der Waals surface area contributed by atoms with Gasteiger partial charge >= 0.3 is 5.97 Å². The van der Waals surface area contributed by atoms with Gasteiger partial charge in [0.1, 0.15) is 17.2 Å². The third kappa shape index (κ3) is 4.09. The maximum Gasteiger partial charge on any atom is 0.341 e. The summed E-state index contributed by atoms with van der Waals surface area (Å²) in [6.07, 6.45) is 2.51. The maximum absolute atomic E-state index is 13.2. The fourth-order valence-electron chi connectivity index (χ4n) is 3.85. The molecule has 162 valence electrons. The van der Waals surface area contributed by atoms with E-state index in [1.165, 1.54) is 16.0 Å². The first-order valence-corrected chi connectivity index (χ1v) is 11.3. The van der Waals surface area contributed by atoms with Crippen molar-refractivity contribution in [3.8, 4) is 0 Å². The topological polar surface area (TPSA) is 73.2 Å². The summed E-state index contributed by atoms with van der Waals surface area (Å²) in [5.41, 5.74) is 1.35. The van der Waals surface area contributed by atoms with Crippen molar-refractivity contribution in [3.05, 3.63) is 32.4 Å². The van der Waals surface area contributed by atoms with Crippen LogP contribution in [0.25, 0.3) is 0 Å².